The number of aromatic nitrogens is 2. The van der Waals surface area contributed by atoms with Gasteiger partial charge in [0.05, 0.1) is 0 Å². The van der Waals surface area contributed by atoms with E-state index in [1.165, 1.54) is 0 Å². The Balaban J connectivity index is 3.37. The summed E-state index contributed by atoms with van der Waals surface area (Å²) in [5, 5.41) is 3.48. The summed E-state index contributed by atoms with van der Waals surface area (Å²) in [5.41, 5.74) is -0.807. The third-order valence-electron chi connectivity index (χ3n) is 1.72. The Morgan fingerprint density at radius 2 is 2.00 bits per heavy atom. The molecule has 4 nitrogen and oxygen atoms in total. The Bertz CT molecular complexity index is 456. The molecule has 1 aromatic rings. The summed E-state index contributed by atoms with van der Waals surface area (Å²) in [6.45, 7) is 3.37. The predicted octanol–water partition coefficient (Wildman–Crippen LogP) is 2.33. The average molecular weight is 259 g/mol. The van der Waals surface area contributed by atoms with E-state index < -0.39 is 26.1 Å². The second kappa shape index (κ2) is 4.05. The quantitative estimate of drug-likeness (QED) is 0.782. The number of rotatable bonds is 3. The van der Waals surface area contributed by atoms with Crippen molar-refractivity contribution < 1.29 is 17.2 Å². The molecule has 86 valence electrons. The zero-order valence-corrected chi connectivity index (χ0v) is 9.56. The third kappa shape index (κ3) is 2.66. The second-order valence-electron chi connectivity index (χ2n) is 3.19. The summed E-state index contributed by atoms with van der Waals surface area (Å²) in [4.78, 5) is -0.632. The molecule has 0 unspecified atom stereocenters. The standard InChI is InChI=1S/C7H9ClF2N2O2S/c1-4(2)12-3-5(15(8,13)14)6(11-12)7(9)10/h3-4,7H,1-2H3. The lowest BCUT2D eigenvalue weighted by atomic mass is 10.4. The average Bonchev–Trinajstić information content (AvgIpc) is 2.45. The molecule has 0 fully saturated rings. The zero-order valence-electron chi connectivity index (χ0n) is 7.99. The van der Waals surface area contributed by atoms with Crippen LogP contribution >= 0.6 is 10.7 Å². The van der Waals surface area contributed by atoms with Crippen molar-refractivity contribution in [3.05, 3.63) is 11.9 Å². The van der Waals surface area contributed by atoms with Crippen LogP contribution in [0, 0.1) is 0 Å². The Labute approximate surface area is 90.3 Å². The summed E-state index contributed by atoms with van der Waals surface area (Å²) >= 11 is 0. The van der Waals surface area contributed by atoms with E-state index in [-0.39, 0.29) is 6.04 Å². The van der Waals surface area contributed by atoms with Crippen LogP contribution < -0.4 is 0 Å². The topological polar surface area (TPSA) is 52.0 Å². The van der Waals surface area contributed by atoms with Crippen molar-refractivity contribution >= 4 is 19.7 Å². The van der Waals surface area contributed by atoms with Gasteiger partial charge in [0, 0.05) is 22.9 Å². The maximum atomic E-state index is 12.4. The first-order valence-corrected chi connectivity index (χ1v) is 6.36. The number of alkyl halides is 2. The molecule has 0 aromatic carbocycles. The molecule has 0 saturated heterocycles. The van der Waals surface area contributed by atoms with Gasteiger partial charge in [0.25, 0.3) is 15.5 Å². The smallest absolute Gasteiger partial charge is 0.268 e. The third-order valence-corrected chi connectivity index (χ3v) is 3.06. The summed E-state index contributed by atoms with van der Waals surface area (Å²) in [6, 6.07) is -0.213. The normalized spacial score (nSPS) is 12.7. The highest BCUT2D eigenvalue weighted by Gasteiger charge is 2.26. The Morgan fingerprint density at radius 3 is 2.27 bits per heavy atom. The molecule has 0 saturated carbocycles. The van der Waals surface area contributed by atoms with Crippen LogP contribution in [0.5, 0.6) is 0 Å². The van der Waals surface area contributed by atoms with E-state index in [0.717, 1.165) is 10.9 Å². The molecule has 0 atom stereocenters. The Kier molecular flexibility index (Phi) is 3.34. The van der Waals surface area contributed by atoms with Crippen molar-refractivity contribution in [3.63, 3.8) is 0 Å². The van der Waals surface area contributed by atoms with E-state index >= 15 is 0 Å². The molecule has 0 amide bonds. The van der Waals surface area contributed by atoms with E-state index in [9.17, 15) is 17.2 Å². The molecular formula is C7H9ClF2N2O2S. The monoisotopic (exact) mass is 258 g/mol. The van der Waals surface area contributed by atoms with Gasteiger partial charge in [0.2, 0.25) is 0 Å². The first-order chi connectivity index (χ1) is 6.73. The van der Waals surface area contributed by atoms with Crippen molar-refractivity contribution in [3.8, 4) is 0 Å². The van der Waals surface area contributed by atoms with Gasteiger partial charge in [-0.2, -0.15) is 5.10 Å². The highest BCUT2D eigenvalue weighted by molar-refractivity contribution is 8.13. The van der Waals surface area contributed by atoms with Gasteiger partial charge in [-0.15, -0.1) is 0 Å². The van der Waals surface area contributed by atoms with Crippen molar-refractivity contribution in [2.24, 2.45) is 0 Å². The lowest BCUT2D eigenvalue weighted by Crippen LogP contribution is -2.01. The lowest BCUT2D eigenvalue weighted by molar-refractivity contribution is 0.141. The fourth-order valence-electron chi connectivity index (χ4n) is 0.992. The van der Waals surface area contributed by atoms with E-state index in [4.69, 9.17) is 10.7 Å². The van der Waals surface area contributed by atoms with Gasteiger partial charge < -0.3 is 0 Å². The molecule has 8 heteroatoms. The predicted molar refractivity (Wildman–Crippen MR) is 50.6 cm³/mol. The number of halogens is 3. The first kappa shape index (κ1) is 12.4. The Morgan fingerprint density at radius 1 is 1.47 bits per heavy atom. The van der Waals surface area contributed by atoms with Crippen LogP contribution in [0.3, 0.4) is 0 Å². The van der Waals surface area contributed by atoms with Crippen LogP contribution in [0.2, 0.25) is 0 Å². The van der Waals surface area contributed by atoms with Crippen molar-refractivity contribution in [2.45, 2.75) is 31.2 Å². The van der Waals surface area contributed by atoms with Crippen molar-refractivity contribution in [2.75, 3.05) is 0 Å². The maximum Gasteiger partial charge on any atom is 0.283 e. The van der Waals surface area contributed by atoms with Crippen LogP contribution in [-0.4, -0.2) is 18.2 Å². The second-order valence-corrected chi connectivity index (χ2v) is 5.73. The highest BCUT2D eigenvalue weighted by atomic mass is 35.7. The zero-order chi connectivity index (χ0) is 11.8. The Hall–Kier alpha value is -0.690. The van der Waals surface area contributed by atoms with Crippen LogP contribution in [0.4, 0.5) is 8.78 Å². The lowest BCUT2D eigenvalue weighted by Gasteiger charge is -2.02. The van der Waals surface area contributed by atoms with Gasteiger partial charge in [-0.3, -0.25) is 4.68 Å². The van der Waals surface area contributed by atoms with E-state index in [1.807, 2.05) is 0 Å². The highest BCUT2D eigenvalue weighted by Crippen LogP contribution is 2.28. The molecular weight excluding hydrogens is 250 g/mol. The summed E-state index contributed by atoms with van der Waals surface area (Å²) in [5.74, 6) is 0. The molecule has 0 bridgehead atoms. The van der Waals surface area contributed by atoms with Crippen molar-refractivity contribution in [1.29, 1.82) is 0 Å². The van der Waals surface area contributed by atoms with Gasteiger partial charge in [-0.25, -0.2) is 17.2 Å². The van der Waals surface area contributed by atoms with Gasteiger partial charge in [-0.1, -0.05) is 0 Å². The summed E-state index contributed by atoms with van der Waals surface area (Å²) in [6.07, 6.45) is -1.96. The van der Waals surface area contributed by atoms with Crippen molar-refractivity contribution in [1.82, 2.24) is 9.78 Å². The fraction of sp³-hybridized carbons (Fsp3) is 0.571. The minimum atomic E-state index is -4.18. The van der Waals surface area contributed by atoms with Crippen LogP contribution in [-0.2, 0) is 9.05 Å². The minimum absolute atomic E-state index is 0.213. The number of hydrogen-bond acceptors (Lipinski definition) is 3. The molecule has 1 aromatic heterocycles. The molecule has 0 spiro atoms. The van der Waals surface area contributed by atoms with Crippen LogP contribution in [0.1, 0.15) is 32.0 Å². The SMILES string of the molecule is CC(C)n1cc(S(=O)(=O)Cl)c(C(F)F)n1. The first-order valence-electron chi connectivity index (χ1n) is 4.05. The molecule has 1 heterocycles. The largest absolute Gasteiger partial charge is 0.283 e. The molecule has 0 radical (unpaired) electrons. The maximum absolute atomic E-state index is 12.4. The minimum Gasteiger partial charge on any atom is -0.268 e. The van der Waals surface area contributed by atoms with Crippen LogP contribution in [0.15, 0.2) is 11.1 Å². The number of hydrogen-bond donors (Lipinski definition) is 0. The molecule has 15 heavy (non-hydrogen) atoms. The summed E-state index contributed by atoms with van der Waals surface area (Å²) < 4.78 is 48.0. The van der Waals surface area contributed by atoms with Gasteiger partial charge in [-0.05, 0) is 13.8 Å². The van der Waals surface area contributed by atoms with Gasteiger partial charge >= 0.3 is 0 Å². The summed E-state index contributed by atoms with van der Waals surface area (Å²) in [7, 11) is 0.829. The number of nitrogens with zero attached hydrogens (tertiary/aromatic N) is 2. The van der Waals surface area contributed by atoms with E-state index in [2.05, 4.69) is 5.10 Å². The van der Waals surface area contributed by atoms with E-state index in [0.29, 0.717) is 0 Å². The molecule has 0 aliphatic carbocycles. The molecule has 1 rings (SSSR count). The molecule has 0 aliphatic rings. The van der Waals surface area contributed by atoms with Crippen LogP contribution in [0.25, 0.3) is 0 Å². The van der Waals surface area contributed by atoms with Gasteiger partial charge in [0.15, 0.2) is 0 Å². The van der Waals surface area contributed by atoms with E-state index in [1.54, 1.807) is 13.8 Å². The van der Waals surface area contributed by atoms with Gasteiger partial charge in [0.1, 0.15) is 10.6 Å². The molecule has 0 aliphatic heterocycles. The molecule has 0 N–H and O–H groups in total. The fourth-order valence-corrected chi connectivity index (χ4v) is 1.96.